The van der Waals surface area contributed by atoms with Crippen molar-refractivity contribution in [1.82, 2.24) is 24.8 Å². The highest BCUT2D eigenvalue weighted by Crippen LogP contribution is 2.72. The third kappa shape index (κ3) is 8.95. The molecule has 9 heterocycles. The number of pyridine rings is 3. The molecule has 546 valence electrons. The first-order valence-electron chi connectivity index (χ1n) is 35.3. The molecule has 15 aliphatic rings. The number of hydrogen-bond donors (Lipinski definition) is 9. The number of hydroxylamine groups is 3. The van der Waals surface area contributed by atoms with E-state index in [2.05, 4.69) is 24.8 Å². The van der Waals surface area contributed by atoms with Crippen LogP contribution in [0.25, 0.3) is 0 Å². The van der Waals surface area contributed by atoms with Gasteiger partial charge in [0.05, 0.1) is 78.9 Å². The summed E-state index contributed by atoms with van der Waals surface area (Å²) in [5.41, 5.74) is 0.982. The van der Waals surface area contributed by atoms with Crippen molar-refractivity contribution in [3.05, 3.63) is 175 Å². The minimum atomic E-state index is -1.46. The number of aromatic hydroxyl groups is 3. The molecule has 1 unspecified atom stereocenters. The molecule has 6 bridgehead atoms. The van der Waals surface area contributed by atoms with Gasteiger partial charge in [-0.1, -0.05) is 40.5 Å². The molecule has 3 aromatic carbocycles. The molecule has 9 aliphatic carbocycles. The molecular formula is C78H90N6O19. The average Bonchev–Trinajstić information content (AvgIpc) is 1.49. The largest absolute Gasteiger partial charge is 0.632 e. The Morgan fingerprint density at radius 2 is 0.845 bits per heavy atom. The second-order valence-electron chi connectivity index (χ2n) is 31.5. The van der Waals surface area contributed by atoms with Crippen LogP contribution in [0.5, 0.6) is 34.5 Å². The van der Waals surface area contributed by atoms with E-state index in [4.69, 9.17) is 28.4 Å². The van der Waals surface area contributed by atoms with Gasteiger partial charge >= 0.3 is 17.9 Å². The van der Waals surface area contributed by atoms with Gasteiger partial charge in [-0.15, -0.1) is 0 Å². The zero-order chi connectivity index (χ0) is 69.0. The number of piperidine rings is 3. The van der Waals surface area contributed by atoms with Crippen LogP contribution in [0.2, 0.25) is 0 Å². The summed E-state index contributed by atoms with van der Waals surface area (Å²) in [6.45, 7) is 4.44. The molecule has 3 saturated carbocycles. The molecule has 3 saturated heterocycles. The number of aromatic nitrogens is 3. The number of aromatic amines is 3. The van der Waals surface area contributed by atoms with E-state index >= 15 is 0 Å². The van der Waals surface area contributed by atoms with Crippen LogP contribution in [0.4, 0.5) is 0 Å². The van der Waals surface area contributed by atoms with Crippen LogP contribution < -0.4 is 30.9 Å². The van der Waals surface area contributed by atoms with Gasteiger partial charge in [-0.2, -0.15) is 0 Å². The highest BCUT2D eigenvalue weighted by molar-refractivity contribution is 5.90. The number of phenols is 3. The summed E-state index contributed by atoms with van der Waals surface area (Å²) >= 11 is 0. The topological polar surface area (TPSA) is 356 Å². The van der Waals surface area contributed by atoms with Gasteiger partial charge in [0, 0.05) is 79.9 Å². The lowest BCUT2D eigenvalue weighted by Crippen LogP contribution is -2.79. The number of rotatable bonds is 9. The zero-order valence-electron chi connectivity index (χ0n) is 55.6. The molecule has 3 spiro atoms. The number of esters is 3. The van der Waals surface area contributed by atoms with E-state index in [1.54, 1.807) is 30.3 Å². The molecule has 25 heteroatoms. The fraction of sp³-hybridized carbons (Fsp3) is 0.538. The molecule has 9 N–H and O–H groups in total. The molecule has 13 atom stereocenters. The van der Waals surface area contributed by atoms with Crippen molar-refractivity contribution < 1.29 is 78.1 Å². The molecule has 6 fully saturated rings. The number of hydrogen-bond acceptors (Lipinski definition) is 21. The predicted molar refractivity (Wildman–Crippen MR) is 372 cm³/mol. The maximum absolute atomic E-state index is 14.3. The summed E-state index contributed by atoms with van der Waals surface area (Å²) in [6, 6.07) is 14.4. The van der Waals surface area contributed by atoms with Crippen molar-refractivity contribution in [2.45, 2.75) is 188 Å². The number of benzene rings is 3. The van der Waals surface area contributed by atoms with Gasteiger partial charge in [0.25, 0.3) is 16.7 Å². The summed E-state index contributed by atoms with van der Waals surface area (Å²) in [6.07, 6.45) is 9.12. The van der Waals surface area contributed by atoms with Crippen LogP contribution in [0.15, 0.2) is 69.0 Å². The number of H-pyrrole nitrogens is 3. The Kier molecular flexibility index (Phi) is 15.4. The average molecular weight is 1420 g/mol. The van der Waals surface area contributed by atoms with Gasteiger partial charge < -0.3 is 83.9 Å². The first-order chi connectivity index (χ1) is 48.0. The number of quaternary nitrogens is 1. The van der Waals surface area contributed by atoms with E-state index in [1.165, 1.54) is 53.1 Å². The van der Waals surface area contributed by atoms with Crippen molar-refractivity contribution in [2.75, 3.05) is 60.6 Å². The summed E-state index contributed by atoms with van der Waals surface area (Å²) in [5.74, 6) is 0.805. The first kappa shape index (κ1) is 68.8. The number of carbonyl (C=O) groups excluding carboxylic acids is 3. The second kappa shape index (κ2) is 23.0. The predicted octanol–water partition coefficient (Wildman–Crippen LogP) is 6.62. The van der Waals surface area contributed by atoms with Crippen molar-refractivity contribution in [2.24, 2.45) is 17.8 Å². The number of ether oxygens (including phenoxy) is 6. The first-order valence-corrected chi connectivity index (χ1v) is 35.3. The summed E-state index contributed by atoms with van der Waals surface area (Å²) in [4.78, 5) is 88.4. The summed E-state index contributed by atoms with van der Waals surface area (Å²) in [7, 11) is 3.69. The molecule has 25 nitrogen and oxygen atoms in total. The minimum Gasteiger partial charge on any atom is -0.632 e. The van der Waals surface area contributed by atoms with E-state index in [-0.39, 0.29) is 74.7 Å². The van der Waals surface area contributed by atoms with Gasteiger partial charge in [0.15, 0.2) is 52.8 Å². The van der Waals surface area contributed by atoms with Gasteiger partial charge in [-0.25, -0.2) is 14.4 Å². The fourth-order valence-electron chi connectivity index (χ4n) is 21.8. The van der Waals surface area contributed by atoms with Crippen LogP contribution in [0, 0.1) is 23.0 Å². The Balaban J connectivity index is 0.000000118. The van der Waals surface area contributed by atoms with Crippen LogP contribution in [0.1, 0.15) is 197 Å². The van der Waals surface area contributed by atoms with E-state index < -0.39 is 96.6 Å². The van der Waals surface area contributed by atoms with Crippen LogP contribution in [0.3, 0.4) is 0 Å². The minimum absolute atomic E-state index is 0. The Morgan fingerprint density at radius 1 is 0.505 bits per heavy atom. The smallest absolute Gasteiger partial charge is 0.343 e. The van der Waals surface area contributed by atoms with E-state index in [9.17, 15) is 64.6 Å². The molecule has 6 aromatic rings. The Morgan fingerprint density at radius 3 is 1.19 bits per heavy atom. The van der Waals surface area contributed by atoms with E-state index in [0.717, 1.165) is 72.4 Å². The number of phenolic OH excluding ortho intramolecular Hbond substituents is 3. The monoisotopic (exact) mass is 1410 g/mol. The maximum Gasteiger partial charge on any atom is 0.343 e. The zero-order valence-corrected chi connectivity index (χ0v) is 55.6. The number of carbonyl (C=O) groups is 3. The van der Waals surface area contributed by atoms with Gasteiger partial charge in [-0.3, -0.25) is 24.2 Å². The quantitative estimate of drug-likeness (QED) is 0.0318. The Hall–Kier alpha value is -8.56. The molecule has 6 aliphatic heterocycles. The van der Waals surface area contributed by atoms with Gasteiger partial charge in [0.1, 0.15) is 28.3 Å². The lowest BCUT2D eigenvalue weighted by molar-refractivity contribution is -0.924. The highest BCUT2D eigenvalue weighted by atomic mass is 16.6. The van der Waals surface area contributed by atoms with Crippen molar-refractivity contribution >= 4 is 17.9 Å². The molecule has 3 aromatic heterocycles. The highest BCUT2D eigenvalue weighted by Gasteiger charge is 2.78. The van der Waals surface area contributed by atoms with Crippen LogP contribution >= 0.6 is 0 Å². The van der Waals surface area contributed by atoms with Gasteiger partial charge in [-0.05, 0) is 159 Å². The van der Waals surface area contributed by atoms with Gasteiger partial charge in [0.2, 0.25) is 0 Å². The maximum atomic E-state index is 14.3. The SMILES string of the molecule is C.C.C.COC(=O)c1cc2c([nH]c1=O)[C@@H]1Oc3c(O)ccc4c3[C@@]13CCN(CC1CC1)[C@H](C4)[C@]3(O)C2.COC(=O)c1cc2c([nH]c1=O)[C@@H]1Oc3c(O)ccc4c3[C@@]13CCN(CC1CC1)[C@H](C4)[C@]3(O)C2.COC(=O)c1cc2c([nH]c1=O)[C@@H]1Oc3c(O)ccc4c3[C@@]13CC[N+]([O-])(CC1CC1)[C@H](C4)[C@]3(O)C2. The molecule has 21 rings (SSSR count). The Labute approximate surface area is 593 Å². The number of fused-ring (bicyclic) bond motifs is 6. The molecule has 0 radical (unpaired) electrons. The fourth-order valence-corrected chi connectivity index (χ4v) is 21.8. The van der Waals surface area contributed by atoms with Crippen molar-refractivity contribution in [1.29, 1.82) is 0 Å². The third-order valence-corrected chi connectivity index (χ3v) is 26.7. The number of nitrogens with one attached hydrogen (secondary N) is 3. The summed E-state index contributed by atoms with van der Waals surface area (Å²) in [5, 5.41) is 84.1. The lowest BCUT2D eigenvalue weighted by Gasteiger charge is -2.67. The van der Waals surface area contributed by atoms with E-state index in [1.807, 2.05) is 18.2 Å². The van der Waals surface area contributed by atoms with E-state index in [0.29, 0.717) is 133 Å². The molecular weight excluding hydrogens is 1320 g/mol. The summed E-state index contributed by atoms with van der Waals surface area (Å²) < 4.78 is 33.0. The van der Waals surface area contributed by atoms with Crippen LogP contribution in [-0.4, -0.2) is 173 Å². The van der Waals surface area contributed by atoms with Crippen LogP contribution in [-0.2, 0) is 69.0 Å². The third-order valence-electron chi connectivity index (χ3n) is 26.7. The number of aliphatic hydroxyl groups is 3. The molecule has 103 heavy (non-hydrogen) atoms. The second-order valence-corrected chi connectivity index (χ2v) is 31.5. The number of likely N-dealkylation sites (tertiary alicyclic amines) is 3. The van der Waals surface area contributed by atoms with Crippen molar-refractivity contribution in [3.63, 3.8) is 0 Å². The Bertz CT molecular complexity index is 4650. The standard InChI is InChI=1S/C25H26N2O7.2C25H26N2O6.3CH4/c1-33-23(30)15-8-14-10-25(31)17-9-13-4-5-16(28)20-18(13)24(25,21(34-20)19(14)26-22(15)29)6-7-27(17,32)11-12-2-3-12;2*1-32-23(30)15-8-14-10-25(31)17-9-13-4-5-16(28)20-18(13)24(25,6-7-27(17)11-12-2-3-12)21(33-20)19(14)26-22(15)29;;;/h4-5,8,12,17,21,28,31H,2-3,6-7,9-11H2,1H3,(H,26,29);2*4-5,8,12,17,21,28,31H,2-3,6-7,9-11H2,1H3,(H,26,29);3*1H4/t17-,21+,24+,25-,27?;2*17-,21+,24+,25-;;;/m111.../s1. The number of nitrogens with zero attached hydrogens (tertiary/aromatic N) is 3. The lowest BCUT2D eigenvalue weighted by atomic mass is 9.48. The normalized spacial score (nSPS) is 33.2. The molecule has 0 amide bonds. The van der Waals surface area contributed by atoms with Crippen molar-refractivity contribution in [3.8, 4) is 34.5 Å². The number of methoxy groups -OCH3 is 3.